The molecule has 4 bridgehead atoms. The van der Waals surface area contributed by atoms with E-state index in [1.54, 1.807) is 20.8 Å². The maximum Gasteiger partial charge on any atom is 0.408 e. The predicted octanol–water partition coefficient (Wildman–Crippen LogP) is 4.78. The van der Waals surface area contributed by atoms with E-state index in [1.165, 1.54) is 19.3 Å². The zero-order valence-electron chi connectivity index (χ0n) is 21.4. The summed E-state index contributed by atoms with van der Waals surface area (Å²) in [5.41, 5.74) is 3.50. The zero-order chi connectivity index (χ0) is 25.5. The maximum absolute atomic E-state index is 13.1. The molecular weight excluding hydrogens is 458 g/mol. The van der Waals surface area contributed by atoms with Gasteiger partial charge in [0.25, 0.3) is 5.91 Å². The first-order valence-corrected chi connectivity index (χ1v) is 13.1. The molecule has 36 heavy (non-hydrogen) atoms. The van der Waals surface area contributed by atoms with Crippen LogP contribution in [0, 0.1) is 23.2 Å². The Balaban J connectivity index is 1.23. The summed E-state index contributed by atoms with van der Waals surface area (Å²) >= 11 is 0. The second-order valence-electron chi connectivity index (χ2n) is 12.3. The van der Waals surface area contributed by atoms with E-state index in [4.69, 9.17) is 9.57 Å². The van der Waals surface area contributed by atoms with Crippen molar-refractivity contribution in [2.24, 2.45) is 23.2 Å². The predicted molar refractivity (Wildman–Crippen MR) is 135 cm³/mol. The van der Waals surface area contributed by atoms with E-state index < -0.39 is 23.7 Å². The van der Waals surface area contributed by atoms with Crippen molar-refractivity contribution in [2.45, 2.75) is 83.8 Å². The van der Waals surface area contributed by atoms with E-state index in [1.807, 2.05) is 30.5 Å². The molecule has 1 atom stereocenters. The van der Waals surface area contributed by atoms with Gasteiger partial charge in [0.15, 0.2) is 0 Å². The van der Waals surface area contributed by atoms with Crippen molar-refractivity contribution in [1.82, 2.24) is 15.8 Å². The van der Waals surface area contributed by atoms with E-state index in [2.05, 4.69) is 15.8 Å². The molecule has 2 amide bonds. The molecule has 0 spiro atoms. The number of nitrogens with one attached hydrogen (secondary N) is 3. The Hall–Kier alpha value is -3.03. The minimum absolute atomic E-state index is 0.0451. The number of aromatic nitrogens is 1. The fourth-order valence-corrected chi connectivity index (χ4v) is 7.23. The highest BCUT2D eigenvalue weighted by Crippen LogP contribution is 2.61. The first-order chi connectivity index (χ1) is 17.1. The van der Waals surface area contributed by atoms with Gasteiger partial charge in [0.2, 0.25) is 0 Å². The SMILES string of the molecule is CC(C)(C)OC(=O)N[C@@H](Cc1c[nH]c2ccccc12)C(=O)ONC(=O)CC12CC3CC(CC(C3)C1)C2. The largest absolute Gasteiger partial charge is 0.444 e. The minimum atomic E-state index is -1.03. The summed E-state index contributed by atoms with van der Waals surface area (Å²) < 4.78 is 5.36. The number of hydrogen-bond donors (Lipinski definition) is 3. The van der Waals surface area contributed by atoms with Gasteiger partial charge in [-0.2, -0.15) is 5.48 Å². The molecule has 3 N–H and O–H groups in total. The highest BCUT2D eigenvalue weighted by Gasteiger charge is 2.51. The highest BCUT2D eigenvalue weighted by molar-refractivity contribution is 5.87. The van der Waals surface area contributed by atoms with Crippen LogP contribution in [0.1, 0.15) is 71.3 Å². The van der Waals surface area contributed by atoms with Crippen molar-refractivity contribution in [3.8, 4) is 0 Å². The summed E-state index contributed by atoms with van der Waals surface area (Å²) in [6.07, 6.45) is 8.89. The lowest BCUT2D eigenvalue weighted by Crippen LogP contribution is -2.49. The van der Waals surface area contributed by atoms with Gasteiger partial charge in [-0.15, -0.1) is 0 Å². The molecule has 1 heterocycles. The van der Waals surface area contributed by atoms with E-state index in [-0.39, 0.29) is 17.7 Å². The molecule has 0 saturated heterocycles. The maximum atomic E-state index is 13.1. The van der Waals surface area contributed by atoms with Crippen LogP contribution in [0.3, 0.4) is 0 Å². The molecule has 4 aliphatic rings. The van der Waals surface area contributed by atoms with Crippen molar-refractivity contribution >= 4 is 28.9 Å². The smallest absolute Gasteiger partial charge is 0.408 e. The number of H-pyrrole nitrogens is 1. The second-order valence-corrected chi connectivity index (χ2v) is 12.3. The lowest BCUT2D eigenvalue weighted by molar-refractivity contribution is -0.162. The van der Waals surface area contributed by atoms with E-state index in [0.717, 1.165) is 53.5 Å². The van der Waals surface area contributed by atoms with Crippen LogP contribution in [0.15, 0.2) is 30.5 Å². The van der Waals surface area contributed by atoms with Crippen LogP contribution >= 0.6 is 0 Å². The lowest BCUT2D eigenvalue weighted by atomic mass is 9.49. The molecule has 194 valence electrons. The van der Waals surface area contributed by atoms with Crippen molar-refractivity contribution in [1.29, 1.82) is 0 Å². The molecule has 4 saturated carbocycles. The molecule has 1 aromatic carbocycles. The third-order valence-corrected chi connectivity index (χ3v) is 8.04. The second kappa shape index (κ2) is 9.45. The van der Waals surface area contributed by atoms with Gasteiger partial charge < -0.3 is 19.9 Å². The molecule has 8 nitrogen and oxygen atoms in total. The molecule has 6 rings (SSSR count). The van der Waals surface area contributed by atoms with Crippen molar-refractivity contribution in [3.05, 3.63) is 36.0 Å². The fourth-order valence-electron chi connectivity index (χ4n) is 7.23. The quantitative estimate of drug-likeness (QED) is 0.500. The normalized spacial score (nSPS) is 27.5. The number of alkyl carbamates (subject to hydrolysis) is 1. The van der Waals surface area contributed by atoms with Gasteiger partial charge in [-0.1, -0.05) is 18.2 Å². The third kappa shape index (κ3) is 5.52. The number of fused-ring (bicyclic) bond motifs is 1. The number of hydroxylamine groups is 1. The van der Waals surface area contributed by atoms with E-state index >= 15 is 0 Å². The highest BCUT2D eigenvalue weighted by atomic mass is 16.7. The summed E-state index contributed by atoms with van der Waals surface area (Å²) in [5.74, 6) is 1.22. The van der Waals surface area contributed by atoms with Gasteiger partial charge in [-0.25, -0.2) is 9.59 Å². The number of para-hydroxylation sites is 1. The van der Waals surface area contributed by atoms with Crippen LogP contribution in [0.25, 0.3) is 10.9 Å². The van der Waals surface area contributed by atoms with Crippen molar-refractivity contribution in [2.75, 3.05) is 0 Å². The summed E-state index contributed by atoms with van der Waals surface area (Å²) in [6.45, 7) is 5.26. The number of carbonyl (C=O) groups excluding carboxylic acids is 3. The number of aromatic amines is 1. The number of benzene rings is 1. The van der Waals surface area contributed by atoms with Gasteiger partial charge in [0, 0.05) is 29.9 Å². The Labute approximate surface area is 211 Å². The average molecular weight is 496 g/mol. The summed E-state index contributed by atoms with van der Waals surface area (Å²) in [4.78, 5) is 46.8. The standard InChI is InChI=1S/C28H37N3O5/c1-27(2,3)35-26(34)30-23(11-20-16-29-22-7-5-4-6-21(20)22)25(33)36-31-24(32)15-28-12-17-8-18(13-28)10-19(9-17)14-28/h4-7,16-19,23,29H,8-15H2,1-3H3,(H,30,34)(H,31,32)/t17?,18?,19?,23-,28?/m0/s1. The van der Waals surface area contributed by atoms with E-state index in [9.17, 15) is 14.4 Å². The summed E-state index contributed by atoms with van der Waals surface area (Å²) in [5, 5.41) is 3.58. The Morgan fingerprint density at radius 3 is 2.33 bits per heavy atom. The summed E-state index contributed by atoms with van der Waals surface area (Å²) in [7, 11) is 0. The molecule has 0 radical (unpaired) electrons. The zero-order valence-corrected chi connectivity index (χ0v) is 21.4. The first-order valence-electron chi connectivity index (χ1n) is 13.1. The molecule has 4 fully saturated rings. The monoisotopic (exact) mass is 495 g/mol. The van der Waals surface area contributed by atoms with Crippen LogP contribution in [-0.4, -0.2) is 34.6 Å². The Morgan fingerprint density at radius 1 is 1.06 bits per heavy atom. The first kappa shape index (κ1) is 24.7. The van der Waals surface area contributed by atoms with Crippen molar-refractivity contribution in [3.63, 3.8) is 0 Å². The molecule has 0 aliphatic heterocycles. The van der Waals surface area contributed by atoms with Crippen molar-refractivity contribution < 1.29 is 24.0 Å². The molecule has 0 unspecified atom stereocenters. The molecular formula is C28H37N3O5. The van der Waals surface area contributed by atoms with Crippen LogP contribution in [0.5, 0.6) is 0 Å². The topological polar surface area (TPSA) is 110 Å². The van der Waals surface area contributed by atoms with Crippen LogP contribution in [0.2, 0.25) is 0 Å². The van der Waals surface area contributed by atoms with Gasteiger partial charge in [-0.3, -0.25) is 4.79 Å². The minimum Gasteiger partial charge on any atom is -0.444 e. The number of ether oxygens (including phenoxy) is 1. The Morgan fingerprint density at radius 2 is 1.69 bits per heavy atom. The van der Waals surface area contributed by atoms with E-state index in [0.29, 0.717) is 6.42 Å². The van der Waals surface area contributed by atoms with Crippen LogP contribution < -0.4 is 10.8 Å². The Kier molecular flexibility index (Phi) is 6.47. The van der Waals surface area contributed by atoms with Crippen LogP contribution in [-0.2, 0) is 25.6 Å². The number of hydrogen-bond acceptors (Lipinski definition) is 5. The van der Waals surface area contributed by atoms with Gasteiger partial charge in [0.05, 0.1) is 0 Å². The number of rotatable bonds is 6. The third-order valence-electron chi connectivity index (χ3n) is 8.04. The molecule has 2 aromatic rings. The average Bonchev–Trinajstić information content (AvgIpc) is 3.17. The molecule has 4 aliphatic carbocycles. The summed E-state index contributed by atoms with van der Waals surface area (Å²) in [6, 6.07) is 6.70. The number of amides is 2. The molecule has 8 heteroatoms. The molecule has 1 aromatic heterocycles. The lowest BCUT2D eigenvalue weighted by Gasteiger charge is -2.56. The Bertz CT molecular complexity index is 1110. The van der Waals surface area contributed by atoms with Gasteiger partial charge in [0.1, 0.15) is 11.6 Å². The van der Waals surface area contributed by atoms with Crippen LogP contribution in [0.4, 0.5) is 4.79 Å². The van der Waals surface area contributed by atoms with Gasteiger partial charge in [-0.05, 0) is 94.1 Å². The fraction of sp³-hybridized carbons (Fsp3) is 0.607. The number of carbonyl (C=O) groups is 3. The van der Waals surface area contributed by atoms with Gasteiger partial charge >= 0.3 is 12.1 Å².